The molecule has 0 atom stereocenters. The van der Waals surface area contributed by atoms with Crippen molar-refractivity contribution < 1.29 is 17.8 Å². The van der Waals surface area contributed by atoms with Crippen molar-refractivity contribution in [1.82, 2.24) is 4.31 Å². The lowest BCUT2D eigenvalue weighted by Gasteiger charge is -2.15. The molecule has 6 nitrogen and oxygen atoms in total. The van der Waals surface area contributed by atoms with Gasteiger partial charge in [-0.25, -0.2) is 8.42 Å². The molecule has 0 aliphatic carbocycles. The van der Waals surface area contributed by atoms with E-state index in [2.05, 4.69) is 31.3 Å². The van der Waals surface area contributed by atoms with E-state index >= 15 is 0 Å². The largest absolute Gasteiger partial charge is 0.321 e. The molecule has 0 radical (unpaired) electrons. The highest BCUT2D eigenvalue weighted by atomic mass is 32.2. The number of rotatable bonds is 8. The first-order chi connectivity index (χ1) is 13.9. The number of nitrogens with one attached hydrogen (secondary N) is 1. The monoisotopic (exact) mass is 416 g/mol. The molecule has 0 unspecified atom stereocenters. The van der Waals surface area contributed by atoms with Gasteiger partial charge in [0.2, 0.25) is 16.6 Å². The number of hydrogen-bond acceptors (Lipinski definition) is 3. The molecular weight excluding hydrogens is 386 g/mol. The number of carbonyl (C=O) groups excluding carboxylic acids is 1. The van der Waals surface area contributed by atoms with Gasteiger partial charge in [0, 0.05) is 30.9 Å². The first-order valence-electron chi connectivity index (χ1n) is 10.3. The molecule has 7 heteroatoms. The number of aromatic nitrogens is 1. The zero-order chi connectivity index (χ0) is 20.9. The number of sulfonamides is 1. The molecule has 0 saturated carbocycles. The topological polar surface area (TPSA) is 70.4 Å². The lowest BCUT2D eigenvalue weighted by atomic mass is 9.95. The van der Waals surface area contributed by atoms with Crippen LogP contribution in [0.5, 0.6) is 0 Å². The molecule has 1 amide bonds. The van der Waals surface area contributed by atoms with Crippen molar-refractivity contribution in [3.05, 3.63) is 54.4 Å². The fraction of sp³-hybridized carbons (Fsp3) is 0.455. The summed E-state index contributed by atoms with van der Waals surface area (Å²) in [5, 5.41) is 2.83. The Hall–Kier alpha value is -2.25. The van der Waals surface area contributed by atoms with Crippen molar-refractivity contribution >= 4 is 21.6 Å². The maximum absolute atomic E-state index is 12.6. The average molecular weight is 417 g/mol. The lowest BCUT2D eigenvalue weighted by Crippen LogP contribution is -2.39. The molecule has 0 bridgehead atoms. The van der Waals surface area contributed by atoms with Crippen LogP contribution in [0.2, 0.25) is 0 Å². The standard InChI is InChI=1S/C22H29N3O3S/c1-3-18(4-2)19-11-15-24(16-12-19)17-22(26)23-20-7-9-21(10-8-20)29(27,28)25-13-5-6-14-25/h7-12,15-16,18H,3-6,13-14,17H2,1-2H3/p+1. The number of nitrogens with zero attached hydrogens (tertiary/aromatic N) is 2. The Balaban J connectivity index is 1.59. The Morgan fingerprint density at radius 3 is 2.17 bits per heavy atom. The second-order valence-electron chi connectivity index (χ2n) is 7.50. The number of amides is 1. The highest BCUT2D eigenvalue weighted by Gasteiger charge is 2.27. The summed E-state index contributed by atoms with van der Waals surface area (Å²) >= 11 is 0. The van der Waals surface area contributed by atoms with E-state index in [0.717, 1.165) is 25.7 Å². The van der Waals surface area contributed by atoms with Crippen LogP contribution in [-0.4, -0.2) is 31.7 Å². The van der Waals surface area contributed by atoms with Gasteiger partial charge in [-0.3, -0.25) is 4.79 Å². The van der Waals surface area contributed by atoms with Crippen LogP contribution < -0.4 is 9.88 Å². The summed E-state index contributed by atoms with van der Waals surface area (Å²) in [6, 6.07) is 10.5. The second-order valence-corrected chi connectivity index (χ2v) is 9.44. The summed E-state index contributed by atoms with van der Waals surface area (Å²) in [4.78, 5) is 12.6. The van der Waals surface area contributed by atoms with Crippen molar-refractivity contribution in [2.75, 3.05) is 18.4 Å². The van der Waals surface area contributed by atoms with Gasteiger partial charge in [-0.2, -0.15) is 8.87 Å². The Kier molecular flexibility index (Phi) is 7.03. The fourth-order valence-corrected chi connectivity index (χ4v) is 5.28. The SMILES string of the molecule is CCC(CC)c1cc[n+](CC(=O)Nc2ccc(S(=O)(=O)N3CCCC3)cc2)cc1. The van der Waals surface area contributed by atoms with E-state index in [1.54, 1.807) is 24.3 Å². The van der Waals surface area contributed by atoms with Crippen molar-refractivity contribution in [2.24, 2.45) is 0 Å². The zero-order valence-electron chi connectivity index (χ0n) is 17.2. The van der Waals surface area contributed by atoms with Crippen LogP contribution in [0.25, 0.3) is 0 Å². The molecule has 29 heavy (non-hydrogen) atoms. The highest BCUT2D eigenvalue weighted by Crippen LogP contribution is 2.23. The molecule has 1 aromatic carbocycles. The minimum absolute atomic E-state index is 0.152. The Morgan fingerprint density at radius 2 is 1.62 bits per heavy atom. The molecule has 2 aromatic rings. The third kappa shape index (κ3) is 5.22. The van der Waals surface area contributed by atoms with E-state index in [9.17, 15) is 13.2 Å². The number of hydrogen-bond donors (Lipinski definition) is 1. The molecule has 1 aliphatic rings. The van der Waals surface area contributed by atoms with E-state index < -0.39 is 10.0 Å². The third-order valence-electron chi connectivity index (χ3n) is 5.54. The minimum Gasteiger partial charge on any atom is -0.321 e. The third-order valence-corrected chi connectivity index (χ3v) is 7.45. The molecular formula is C22H30N3O3S+. The summed E-state index contributed by atoms with van der Waals surface area (Å²) in [6.45, 7) is 5.73. The van der Waals surface area contributed by atoms with Crippen molar-refractivity contribution in [3.63, 3.8) is 0 Å². The van der Waals surface area contributed by atoms with Crippen molar-refractivity contribution in [2.45, 2.75) is 56.9 Å². The van der Waals surface area contributed by atoms with Gasteiger partial charge in [0.05, 0.1) is 4.90 Å². The molecule has 0 spiro atoms. The van der Waals surface area contributed by atoms with E-state index in [1.165, 1.54) is 9.87 Å². The van der Waals surface area contributed by atoms with Gasteiger partial charge in [0.25, 0.3) is 5.91 Å². The van der Waals surface area contributed by atoms with Gasteiger partial charge in [0.1, 0.15) is 0 Å². The summed E-state index contributed by atoms with van der Waals surface area (Å²) < 4.78 is 28.5. The summed E-state index contributed by atoms with van der Waals surface area (Å²) in [5.74, 6) is 0.397. The maximum Gasteiger partial charge on any atom is 0.290 e. The van der Waals surface area contributed by atoms with Gasteiger partial charge >= 0.3 is 0 Å². The van der Waals surface area contributed by atoms with Crippen LogP contribution in [0, 0.1) is 0 Å². The first-order valence-corrected chi connectivity index (χ1v) is 11.8. The molecule has 1 fully saturated rings. The van der Waals surface area contributed by atoms with Crippen LogP contribution in [0.15, 0.2) is 53.7 Å². The number of pyridine rings is 1. The molecule has 1 aromatic heterocycles. The summed E-state index contributed by atoms with van der Waals surface area (Å²) in [5.41, 5.74) is 1.88. The van der Waals surface area contributed by atoms with Gasteiger partial charge < -0.3 is 5.32 Å². The van der Waals surface area contributed by atoms with Crippen LogP contribution in [0.1, 0.15) is 51.0 Å². The van der Waals surface area contributed by atoms with Gasteiger partial charge in [0.15, 0.2) is 12.4 Å². The fourth-order valence-electron chi connectivity index (χ4n) is 3.76. The molecule has 156 valence electrons. The molecule has 3 rings (SSSR count). The Labute approximate surface area is 173 Å². The second kappa shape index (κ2) is 9.50. The quantitative estimate of drug-likeness (QED) is 0.671. The van der Waals surface area contributed by atoms with Crippen molar-refractivity contribution in [1.29, 1.82) is 0 Å². The first kappa shape index (κ1) is 21.5. The number of carbonyl (C=O) groups is 1. The predicted molar refractivity (Wildman–Crippen MR) is 113 cm³/mol. The smallest absolute Gasteiger partial charge is 0.290 e. The van der Waals surface area contributed by atoms with Crippen LogP contribution in [0.4, 0.5) is 5.69 Å². The minimum atomic E-state index is -3.43. The van der Waals surface area contributed by atoms with Crippen molar-refractivity contribution in [3.8, 4) is 0 Å². The number of benzene rings is 1. The summed E-state index contributed by atoms with van der Waals surface area (Å²) in [7, 11) is -3.43. The highest BCUT2D eigenvalue weighted by molar-refractivity contribution is 7.89. The van der Waals surface area contributed by atoms with E-state index in [-0.39, 0.29) is 17.3 Å². The lowest BCUT2D eigenvalue weighted by molar-refractivity contribution is -0.684. The van der Waals surface area contributed by atoms with Crippen LogP contribution in [0.3, 0.4) is 0 Å². The normalized spacial score (nSPS) is 15.0. The molecule has 1 N–H and O–H groups in total. The average Bonchev–Trinajstić information content (AvgIpc) is 3.26. The van der Waals surface area contributed by atoms with E-state index in [0.29, 0.717) is 24.7 Å². The molecule has 1 aliphatic heterocycles. The van der Waals surface area contributed by atoms with E-state index in [1.807, 2.05) is 17.0 Å². The summed E-state index contributed by atoms with van der Waals surface area (Å²) in [6.07, 6.45) is 7.87. The Morgan fingerprint density at radius 1 is 1.03 bits per heavy atom. The zero-order valence-corrected chi connectivity index (χ0v) is 18.0. The maximum atomic E-state index is 12.6. The van der Waals surface area contributed by atoms with Gasteiger partial charge in [-0.05, 0) is 61.4 Å². The van der Waals surface area contributed by atoms with Crippen LogP contribution >= 0.6 is 0 Å². The molecule has 1 saturated heterocycles. The Bertz CT molecular complexity index is 915. The predicted octanol–water partition coefficient (Wildman–Crippen LogP) is 3.30. The molecule has 2 heterocycles. The van der Waals surface area contributed by atoms with E-state index in [4.69, 9.17) is 0 Å². The van der Waals surface area contributed by atoms with Gasteiger partial charge in [-0.15, -0.1) is 0 Å². The number of anilines is 1. The van der Waals surface area contributed by atoms with Crippen LogP contribution in [-0.2, 0) is 21.4 Å². The van der Waals surface area contributed by atoms with Gasteiger partial charge in [-0.1, -0.05) is 13.8 Å².